The summed E-state index contributed by atoms with van der Waals surface area (Å²) >= 11 is 3.32. The summed E-state index contributed by atoms with van der Waals surface area (Å²) in [7, 11) is 0. The van der Waals surface area contributed by atoms with Gasteiger partial charge in [-0.15, -0.1) is 0 Å². The van der Waals surface area contributed by atoms with Gasteiger partial charge in [-0.3, -0.25) is 14.4 Å². The monoisotopic (exact) mass is 521 g/mol. The van der Waals surface area contributed by atoms with Crippen molar-refractivity contribution in [2.24, 2.45) is 5.92 Å². The Morgan fingerprint density at radius 3 is 2.29 bits per heavy atom. The van der Waals surface area contributed by atoms with Crippen LogP contribution in [0.15, 0.2) is 71.2 Å². The molecule has 7 heteroatoms. The lowest BCUT2D eigenvalue weighted by Gasteiger charge is -2.17. The second-order valence-corrected chi connectivity index (χ2v) is 9.20. The molecule has 1 heterocycles. The lowest BCUT2D eigenvalue weighted by atomic mass is 10.1. The Kier molecular flexibility index (Phi) is 7.12. The number of carbonyl (C=O) groups is 3. The first-order valence-corrected chi connectivity index (χ1v) is 11.7. The number of halogens is 1. The summed E-state index contributed by atoms with van der Waals surface area (Å²) in [6.07, 6.45) is 0.0478. The molecule has 1 fully saturated rings. The molecule has 6 nitrogen and oxygen atoms in total. The van der Waals surface area contributed by atoms with Crippen molar-refractivity contribution in [1.29, 1.82) is 0 Å². The van der Waals surface area contributed by atoms with Crippen molar-refractivity contribution in [3.8, 4) is 11.5 Å². The predicted molar refractivity (Wildman–Crippen MR) is 132 cm³/mol. The average Bonchev–Trinajstić information content (AvgIpc) is 3.22. The number of aryl methyl sites for hydroxylation is 2. The van der Waals surface area contributed by atoms with Crippen molar-refractivity contribution in [2.75, 3.05) is 18.1 Å². The molecular formula is C27H24BrNO5. The van der Waals surface area contributed by atoms with Gasteiger partial charge >= 0.3 is 5.97 Å². The first-order chi connectivity index (χ1) is 16.3. The van der Waals surface area contributed by atoms with Crippen LogP contribution in [0.4, 0.5) is 5.69 Å². The van der Waals surface area contributed by atoms with Crippen molar-refractivity contribution in [3.63, 3.8) is 0 Å². The van der Waals surface area contributed by atoms with Crippen LogP contribution < -0.4 is 9.64 Å². The van der Waals surface area contributed by atoms with E-state index in [1.165, 1.54) is 5.56 Å². The number of carbonyl (C=O) groups excluding carboxylic acids is 3. The Balaban J connectivity index is 1.33. The molecule has 1 aliphatic rings. The Hall–Kier alpha value is -3.45. The van der Waals surface area contributed by atoms with Crippen LogP contribution in [0.5, 0.6) is 11.5 Å². The number of nitrogens with zero attached hydrogens (tertiary/aromatic N) is 1. The van der Waals surface area contributed by atoms with Gasteiger partial charge in [0.25, 0.3) is 0 Å². The van der Waals surface area contributed by atoms with Crippen LogP contribution in [-0.4, -0.2) is 30.8 Å². The zero-order chi connectivity index (χ0) is 24.2. The molecule has 3 aromatic carbocycles. The van der Waals surface area contributed by atoms with Crippen molar-refractivity contribution < 1.29 is 23.9 Å². The van der Waals surface area contributed by atoms with Crippen LogP contribution in [0, 0.1) is 19.8 Å². The van der Waals surface area contributed by atoms with Gasteiger partial charge in [0.1, 0.15) is 11.5 Å². The lowest BCUT2D eigenvalue weighted by molar-refractivity contribution is -0.147. The van der Waals surface area contributed by atoms with E-state index in [-0.39, 0.29) is 31.3 Å². The van der Waals surface area contributed by atoms with Crippen molar-refractivity contribution in [2.45, 2.75) is 20.3 Å². The first-order valence-electron chi connectivity index (χ1n) is 10.9. The number of amides is 1. The van der Waals surface area contributed by atoms with Crippen molar-refractivity contribution in [3.05, 3.63) is 87.9 Å². The molecule has 1 atom stereocenters. The Bertz CT molecular complexity index is 1220. The molecule has 0 aliphatic carbocycles. The minimum absolute atomic E-state index is 0.0478. The van der Waals surface area contributed by atoms with Gasteiger partial charge in [0.15, 0.2) is 12.4 Å². The van der Waals surface area contributed by atoms with Crippen LogP contribution in [0.2, 0.25) is 0 Å². The number of ketones is 1. The number of hydrogen-bond donors (Lipinski definition) is 0. The molecule has 1 amide bonds. The zero-order valence-corrected chi connectivity index (χ0v) is 20.5. The molecule has 34 heavy (non-hydrogen) atoms. The van der Waals surface area contributed by atoms with Crippen LogP contribution in [0.25, 0.3) is 0 Å². The minimum atomic E-state index is -0.614. The van der Waals surface area contributed by atoms with Gasteiger partial charge < -0.3 is 14.4 Å². The molecule has 174 valence electrons. The standard InChI is InChI=1S/C27H24BrNO5/c1-17-3-10-24(13-18(17)2)34-23-11-8-22(9-12-23)29-15-20(14-26(29)31)27(32)33-16-25(30)19-4-6-21(28)7-5-19/h3-13,20H,14-16H2,1-2H3/t20-/m0/s1. The molecule has 0 unspecified atom stereocenters. The third-order valence-electron chi connectivity index (χ3n) is 5.83. The fourth-order valence-corrected chi connectivity index (χ4v) is 3.96. The summed E-state index contributed by atoms with van der Waals surface area (Å²) in [4.78, 5) is 38.8. The van der Waals surface area contributed by atoms with Gasteiger partial charge in [0.05, 0.1) is 5.92 Å². The summed E-state index contributed by atoms with van der Waals surface area (Å²) in [5, 5.41) is 0. The van der Waals surface area contributed by atoms with Gasteiger partial charge in [0, 0.05) is 28.7 Å². The van der Waals surface area contributed by atoms with Crippen LogP contribution >= 0.6 is 15.9 Å². The highest BCUT2D eigenvalue weighted by molar-refractivity contribution is 9.10. The highest BCUT2D eigenvalue weighted by Crippen LogP contribution is 2.29. The summed E-state index contributed by atoms with van der Waals surface area (Å²) in [6, 6.07) is 19.9. The maximum absolute atomic E-state index is 12.5. The SMILES string of the molecule is Cc1ccc(Oc2ccc(N3C[C@@H](C(=O)OCC(=O)c4ccc(Br)cc4)CC3=O)cc2)cc1C. The summed E-state index contributed by atoms with van der Waals surface area (Å²) in [5.41, 5.74) is 3.48. The topological polar surface area (TPSA) is 72.9 Å². The fourth-order valence-electron chi connectivity index (χ4n) is 3.70. The normalized spacial score (nSPS) is 15.3. The van der Waals surface area contributed by atoms with Gasteiger partial charge in [-0.05, 0) is 73.5 Å². The van der Waals surface area contributed by atoms with E-state index in [9.17, 15) is 14.4 Å². The number of Topliss-reactive ketones (excluding diaryl/α,β-unsaturated/α-hetero) is 1. The Labute approximate surface area is 206 Å². The third kappa shape index (κ3) is 5.54. The predicted octanol–water partition coefficient (Wildman–Crippen LogP) is 5.64. The number of benzene rings is 3. The largest absolute Gasteiger partial charge is 0.457 e. The highest BCUT2D eigenvalue weighted by atomic mass is 79.9. The number of ether oxygens (including phenoxy) is 2. The van der Waals surface area contributed by atoms with Gasteiger partial charge in [-0.2, -0.15) is 0 Å². The van der Waals surface area contributed by atoms with E-state index < -0.39 is 11.9 Å². The van der Waals surface area contributed by atoms with Crippen molar-refractivity contribution >= 4 is 39.3 Å². The molecular weight excluding hydrogens is 498 g/mol. The molecule has 0 N–H and O–H groups in total. The number of rotatable bonds is 7. The van der Waals surface area contributed by atoms with Gasteiger partial charge in [-0.25, -0.2) is 0 Å². The highest BCUT2D eigenvalue weighted by Gasteiger charge is 2.36. The third-order valence-corrected chi connectivity index (χ3v) is 6.36. The zero-order valence-electron chi connectivity index (χ0n) is 18.9. The summed E-state index contributed by atoms with van der Waals surface area (Å²) < 4.78 is 12.0. The van der Waals surface area contributed by atoms with E-state index in [1.54, 1.807) is 53.4 Å². The molecule has 0 radical (unpaired) electrons. The smallest absolute Gasteiger partial charge is 0.311 e. The van der Waals surface area contributed by atoms with Crippen LogP contribution in [0.3, 0.4) is 0 Å². The van der Waals surface area contributed by atoms with E-state index in [0.29, 0.717) is 17.0 Å². The van der Waals surface area contributed by atoms with E-state index >= 15 is 0 Å². The Morgan fingerprint density at radius 2 is 1.62 bits per heavy atom. The molecule has 0 aromatic heterocycles. The van der Waals surface area contributed by atoms with E-state index in [0.717, 1.165) is 15.8 Å². The van der Waals surface area contributed by atoms with Crippen molar-refractivity contribution in [1.82, 2.24) is 0 Å². The van der Waals surface area contributed by atoms with Gasteiger partial charge in [-0.1, -0.05) is 34.1 Å². The lowest BCUT2D eigenvalue weighted by Crippen LogP contribution is -2.27. The summed E-state index contributed by atoms with van der Waals surface area (Å²) in [6.45, 7) is 3.93. The molecule has 3 aromatic rings. The molecule has 4 rings (SSSR count). The minimum Gasteiger partial charge on any atom is -0.457 e. The number of esters is 1. The number of anilines is 1. The van der Waals surface area contributed by atoms with E-state index in [2.05, 4.69) is 15.9 Å². The second-order valence-electron chi connectivity index (χ2n) is 8.29. The average molecular weight is 522 g/mol. The first kappa shape index (κ1) is 23.7. The second kappa shape index (κ2) is 10.2. The maximum Gasteiger partial charge on any atom is 0.311 e. The maximum atomic E-state index is 12.5. The van der Waals surface area contributed by atoms with Crippen LogP contribution in [-0.2, 0) is 14.3 Å². The molecule has 1 saturated heterocycles. The van der Waals surface area contributed by atoms with E-state index in [4.69, 9.17) is 9.47 Å². The van der Waals surface area contributed by atoms with Crippen LogP contribution in [0.1, 0.15) is 27.9 Å². The van der Waals surface area contributed by atoms with Gasteiger partial charge in [0.2, 0.25) is 5.91 Å². The fraction of sp³-hybridized carbons (Fsp3) is 0.222. The molecule has 0 saturated carbocycles. The molecule has 0 spiro atoms. The molecule has 0 bridgehead atoms. The quantitative estimate of drug-likeness (QED) is 0.297. The Morgan fingerprint density at radius 1 is 0.941 bits per heavy atom. The molecule has 1 aliphatic heterocycles. The summed E-state index contributed by atoms with van der Waals surface area (Å²) in [5.74, 6) is -0.215. The van der Waals surface area contributed by atoms with E-state index in [1.807, 2.05) is 32.0 Å². The number of hydrogen-bond acceptors (Lipinski definition) is 5.